The molecule has 1 aliphatic heterocycles. The summed E-state index contributed by atoms with van der Waals surface area (Å²) < 4.78 is 11.4. The van der Waals surface area contributed by atoms with E-state index in [1.807, 2.05) is 0 Å². The predicted octanol–water partition coefficient (Wildman–Crippen LogP) is 1.86. The maximum absolute atomic E-state index is 9.54. The van der Waals surface area contributed by atoms with Crippen molar-refractivity contribution in [1.29, 1.82) is 0 Å². The number of ether oxygens (including phenoxy) is 2. The van der Waals surface area contributed by atoms with Gasteiger partial charge < -0.3 is 14.6 Å². The van der Waals surface area contributed by atoms with Crippen molar-refractivity contribution in [3.05, 3.63) is 11.6 Å². The lowest BCUT2D eigenvalue weighted by atomic mass is 9.71. The Morgan fingerprint density at radius 1 is 1.40 bits per heavy atom. The average Bonchev–Trinajstić information content (AvgIpc) is 2.67. The van der Waals surface area contributed by atoms with Gasteiger partial charge in [-0.3, -0.25) is 0 Å². The van der Waals surface area contributed by atoms with Crippen LogP contribution in [0.25, 0.3) is 0 Å². The Balaban J connectivity index is 2.23. The van der Waals surface area contributed by atoms with Crippen molar-refractivity contribution >= 4 is 0 Å². The van der Waals surface area contributed by atoms with Gasteiger partial charge >= 0.3 is 0 Å². The maximum Gasteiger partial charge on any atom is 0.172 e. The first-order chi connectivity index (χ1) is 7.14. The van der Waals surface area contributed by atoms with E-state index in [9.17, 15) is 5.11 Å². The van der Waals surface area contributed by atoms with Crippen LogP contribution in [0.15, 0.2) is 11.6 Å². The molecular weight excluding hydrogens is 192 g/mol. The molecule has 1 fully saturated rings. The Labute approximate surface area is 91.1 Å². The fourth-order valence-electron chi connectivity index (χ4n) is 2.75. The normalized spacial score (nSPS) is 34.5. The van der Waals surface area contributed by atoms with Crippen molar-refractivity contribution in [3.63, 3.8) is 0 Å². The summed E-state index contributed by atoms with van der Waals surface area (Å²) in [5.41, 5.74) is 1.16. The van der Waals surface area contributed by atoms with Crippen molar-refractivity contribution in [3.8, 4) is 0 Å². The van der Waals surface area contributed by atoms with Gasteiger partial charge in [0.1, 0.15) is 0 Å². The predicted molar refractivity (Wildman–Crippen MR) is 57.4 cm³/mol. The van der Waals surface area contributed by atoms with Crippen LogP contribution in [-0.4, -0.2) is 30.7 Å². The van der Waals surface area contributed by atoms with Gasteiger partial charge in [-0.25, -0.2) is 0 Å². The monoisotopic (exact) mass is 212 g/mol. The number of aliphatic hydroxyl groups excluding tert-OH is 1. The molecule has 1 heterocycles. The number of rotatable bonds is 2. The van der Waals surface area contributed by atoms with E-state index >= 15 is 0 Å². The minimum Gasteiger partial charge on any atom is -0.395 e. The van der Waals surface area contributed by atoms with Crippen molar-refractivity contribution in [2.24, 2.45) is 5.41 Å². The van der Waals surface area contributed by atoms with Crippen LogP contribution in [0.4, 0.5) is 0 Å². The van der Waals surface area contributed by atoms with Crippen LogP contribution in [0.1, 0.15) is 33.1 Å². The SMILES string of the molecule is CCC1=CCC2(CC1(C)CO)OCCO2. The molecule has 0 aromatic heterocycles. The Morgan fingerprint density at radius 2 is 2.07 bits per heavy atom. The Kier molecular flexibility index (Phi) is 2.88. The molecule has 1 saturated heterocycles. The van der Waals surface area contributed by atoms with Gasteiger partial charge in [0.15, 0.2) is 5.79 Å². The lowest BCUT2D eigenvalue weighted by Gasteiger charge is -2.42. The summed E-state index contributed by atoms with van der Waals surface area (Å²) in [5.74, 6) is -0.448. The van der Waals surface area contributed by atoms with Crippen LogP contribution in [0.3, 0.4) is 0 Å². The molecule has 3 nitrogen and oxygen atoms in total. The van der Waals surface area contributed by atoms with E-state index in [2.05, 4.69) is 19.9 Å². The van der Waals surface area contributed by atoms with Gasteiger partial charge in [-0.1, -0.05) is 25.5 Å². The fourth-order valence-corrected chi connectivity index (χ4v) is 2.75. The summed E-state index contributed by atoms with van der Waals surface area (Å²) in [6.07, 6.45) is 4.78. The highest BCUT2D eigenvalue weighted by molar-refractivity contribution is 5.19. The molecule has 0 aromatic carbocycles. The van der Waals surface area contributed by atoms with Crippen LogP contribution >= 0.6 is 0 Å². The molecule has 2 aliphatic rings. The summed E-state index contributed by atoms with van der Waals surface area (Å²) in [5, 5.41) is 9.54. The molecule has 15 heavy (non-hydrogen) atoms. The molecule has 0 bridgehead atoms. The van der Waals surface area contributed by atoms with Crippen molar-refractivity contribution in [2.45, 2.75) is 38.9 Å². The lowest BCUT2D eigenvalue weighted by molar-refractivity contribution is -0.182. The van der Waals surface area contributed by atoms with Crippen LogP contribution in [0, 0.1) is 5.41 Å². The molecule has 1 atom stereocenters. The van der Waals surface area contributed by atoms with Gasteiger partial charge in [0.05, 0.1) is 19.8 Å². The third kappa shape index (κ3) is 1.84. The van der Waals surface area contributed by atoms with Crippen molar-refractivity contribution < 1.29 is 14.6 Å². The highest BCUT2D eigenvalue weighted by atomic mass is 16.7. The quantitative estimate of drug-likeness (QED) is 0.710. The number of aliphatic hydroxyl groups is 1. The molecule has 3 heteroatoms. The van der Waals surface area contributed by atoms with Crippen LogP contribution in [0.5, 0.6) is 0 Å². The second kappa shape index (κ2) is 3.89. The average molecular weight is 212 g/mol. The minimum atomic E-state index is -0.448. The van der Waals surface area contributed by atoms with Gasteiger partial charge in [0.2, 0.25) is 0 Å². The van der Waals surface area contributed by atoms with Crippen molar-refractivity contribution in [1.82, 2.24) is 0 Å². The Bertz CT molecular complexity index is 266. The first kappa shape index (κ1) is 11.1. The van der Waals surface area contributed by atoms with Crippen LogP contribution < -0.4 is 0 Å². The zero-order valence-electron chi connectivity index (χ0n) is 9.58. The Hall–Kier alpha value is -0.380. The second-order valence-electron chi connectivity index (χ2n) is 4.79. The van der Waals surface area contributed by atoms with E-state index in [-0.39, 0.29) is 12.0 Å². The van der Waals surface area contributed by atoms with Gasteiger partial charge in [-0.05, 0) is 6.42 Å². The largest absolute Gasteiger partial charge is 0.395 e. The third-order valence-electron chi connectivity index (χ3n) is 3.64. The second-order valence-corrected chi connectivity index (χ2v) is 4.79. The molecule has 1 aliphatic carbocycles. The molecule has 1 unspecified atom stereocenters. The van der Waals surface area contributed by atoms with Crippen LogP contribution in [-0.2, 0) is 9.47 Å². The first-order valence-corrected chi connectivity index (χ1v) is 5.72. The summed E-state index contributed by atoms with van der Waals surface area (Å²) in [4.78, 5) is 0. The molecule has 86 valence electrons. The molecule has 0 amide bonds. The fraction of sp³-hybridized carbons (Fsp3) is 0.833. The highest BCUT2D eigenvalue weighted by Crippen LogP contribution is 2.46. The number of hydrogen-bond donors (Lipinski definition) is 1. The molecule has 0 saturated carbocycles. The zero-order chi connectivity index (χ0) is 10.9. The van der Waals surface area contributed by atoms with Crippen LogP contribution in [0.2, 0.25) is 0 Å². The van der Waals surface area contributed by atoms with Gasteiger partial charge in [0.25, 0.3) is 0 Å². The summed E-state index contributed by atoms with van der Waals surface area (Å²) in [6.45, 7) is 5.75. The minimum absolute atomic E-state index is 0.168. The molecule has 0 aromatic rings. The van der Waals surface area contributed by atoms with Gasteiger partial charge in [-0.2, -0.15) is 0 Å². The molecule has 2 rings (SSSR count). The van der Waals surface area contributed by atoms with Crippen molar-refractivity contribution in [2.75, 3.05) is 19.8 Å². The van der Waals surface area contributed by atoms with Gasteiger partial charge in [-0.15, -0.1) is 0 Å². The smallest absolute Gasteiger partial charge is 0.172 e. The first-order valence-electron chi connectivity index (χ1n) is 5.72. The van der Waals surface area contributed by atoms with E-state index in [1.165, 1.54) is 5.57 Å². The van der Waals surface area contributed by atoms with E-state index in [0.717, 1.165) is 19.3 Å². The summed E-state index contributed by atoms with van der Waals surface area (Å²) in [7, 11) is 0. The maximum atomic E-state index is 9.54. The molecular formula is C12H20O3. The molecule has 0 radical (unpaired) electrons. The van der Waals surface area contributed by atoms with E-state index in [1.54, 1.807) is 0 Å². The van der Waals surface area contributed by atoms with E-state index < -0.39 is 5.79 Å². The zero-order valence-corrected chi connectivity index (χ0v) is 9.58. The highest BCUT2D eigenvalue weighted by Gasteiger charge is 2.46. The molecule has 1 N–H and O–H groups in total. The Morgan fingerprint density at radius 3 is 2.60 bits per heavy atom. The third-order valence-corrected chi connectivity index (χ3v) is 3.64. The molecule has 1 spiro atoms. The number of hydrogen-bond acceptors (Lipinski definition) is 3. The summed E-state index contributed by atoms with van der Waals surface area (Å²) in [6, 6.07) is 0. The topological polar surface area (TPSA) is 38.7 Å². The lowest BCUT2D eigenvalue weighted by Crippen LogP contribution is -2.42. The summed E-state index contributed by atoms with van der Waals surface area (Å²) >= 11 is 0. The van der Waals surface area contributed by atoms with Gasteiger partial charge in [0, 0.05) is 18.3 Å². The van der Waals surface area contributed by atoms with E-state index in [4.69, 9.17) is 9.47 Å². The van der Waals surface area contributed by atoms with E-state index in [0.29, 0.717) is 13.2 Å². The standard InChI is InChI=1S/C12H20O3/c1-3-10-4-5-12(14-6-7-15-12)8-11(10,2)9-13/h4,13H,3,5-9H2,1-2H3.